The lowest BCUT2D eigenvalue weighted by atomic mass is 9.96. The Kier molecular flexibility index (Phi) is 3.84. The van der Waals surface area contributed by atoms with Crippen LogP contribution in [0.5, 0.6) is 0 Å². The Hall–Kier alpha value is -3.00. The fraction of sp³-hybridized carbons (Fsp3) is 0.167. The zero-order chi connectivity index (χ0) is 18.3. The van der Waals surface area contributed by atoms with Crippen molar-refractivity contribution >= 4 is 5.71 Å². The molecule has 0 bridgehead atoms. The topological polar surface area (TPSA) is 63.3 Å². The molecule has 1 aliphatic heterocycles. The number of rotatable bonds is 2. The summed E-state index contributed by atoms with van der Waals surface area (Å²) < 4.78 is 42.1. The number of aliphatic hydroxyl groups excluding tert-OH is 1. The zero-order valence-corrected chi connectivity index (χ0v) is 13.4. The molecule has 2 aromatic carbocycles. The predicted molar refractivity (Wildman–Crippen MR) is 88.1 cm³/mol. The van der Waals surface area contributed by atoms with E-state index in [-0.39, 0.29) is 24.4 Å². The number of hydrogen-bond donors (Lipinski definition) is 1. The monoisotopic (exact) mass is 358 g/mol. The van der Waals surface area contributed by atoms with Gasteiger partial charge < -0.3 is 5.11 Å². The van der Waals surface area contributed by atoms with Crippen LogP contribution in [0.25, 0.3) is 5.69 Å². The Morgan fingerprint density at radius 2 is 1.65 bits per heavy atom. The van der Waals surface area contributed by atoms with Gasteiger partial charge in [0.15, 0.2) is 11.6 Å². The molecular weight excluding hydrogens is 345 g/mol. The van der Waals surface area contributed by atoms with E-state index >= 15 is 0 Å². The summed E-state index contributed by atoms with van der Waals surface area (Å²) in [4.78, 5) is 4.41. The molecule has 132 valence electrons. The Bertz CT molecular complexity index is 1010. The van der Waals surface area contributed by atoms with Crippen molar-refractivity contribution in [3.8, 4) is 5.69 Å². The molecule has 0 radical (unpaired) electrons. The SMILES string of the molecule is OCc1nnc2n1-c1ccccc1C(c1ccccc1C(F)(F)F)=NC2. The second-order valence-electron chi connectivity index (χ2n) is 5.75. The predicted octanol–water partition coefficient (Wildman–Crippen LogP) is 3.13. The molecule has 0 amide bonds. The van der Waals surface area contributed by atoms with Crippen molar-refractivity contribution in [2.75, 3.05) is 0 Å². The first kappa shape index (κ1) is 16.5. The van der Waals surface area contributed by atoms with Gasteiger partial charge in [-0.1, -0.05) is 36.4 Å². The van der Waals surface area contributed by atoms with Crippen LogP contribution in [-0.2, 0) is 19.3 Å². The van der Waals surface area contributed by atoms with Gasteiger partial charge >= 0.3 is 6.18 Å². The summed E-state index contributed by atoms with van der Waals surface area (Å²) in [5.74, 6) is 0.772. The number of aliphatic hydroxyl groups is 1. The van der Waals surface area contributed by atoms with E-state index in [4.69, 9.17) is 0 Å². The molecule has 1 aliphatic rings. The van der Waals surface area contributed by atoms with E-state index in [1.807, 2.05) is 0 Å². The second-order valence-corrected chi connectivity index (χ2v) is 5.75. The first-order valence-electron chi connectivity index (χ1n) is 7.85. The molecule has 0 saturated heterocycles. The number of aliphatic imine (C=N–C) groups is 1. The minimum atomic E-state index is -4.49. The van der Waals surface area contributed by atoms with Gasteiger partial charge in [-0.15, -0.1) is 10.2 Å². The number of hydrogen-bond acceptors (Lipinski definition) is 4. The Morgan fingerprint density at radius 1 is 0.962 bits per heavy atom. The summed E-state index contributed by atoms with van der Waals surface area (Å²) in [5, 5.41) is 17.5. The number of benzene rings is 2. The fourth-order valence-electron chi connectivity index (χ4n) is 3.11. The number of fused-ring (bicyclic) bond motifs is 3. The third-order valence-electron chi connectivity index (χ3n) is 4.20. The highest BCUT2D eigenvalue weighted by molar-refractivity contribution is 6.16. The van der Waals surface area contributed by atoms with Crippen LogP contribution >= 0.6 is 0 Å². The zero-order valence-electron chi connectivity index (χ0n) is 13.4. The van der Waals surface area contributed by atoms with Gasteiger partial charge in [0.2, 0.25) is 0 Å². The number of halogens is 3. The number of alkyl halides is 3. The summed E-state index contributed by atoms with van der Waals surface area (Å²) in [7, 11) is 0. The molecule has 0 atom stereocenters. The molecule has 0 fully saturated rings. The second kappa shape index (κ2) is 6.06. The summed E-state index contributed by atoms with van der Waals surface area (Å²) >= 11 is 0. The number of nitrogens with zero attached hydrogens (tertiary/aromatic N) is 4. The van der Waals surface area contributed by atoms with Crippen LogP contribution in [0.15, 0.2) is 53.5 Å². The van der Waals surface area contributed by atoms with Crippen LogP contribution in [0.2, 0.25) is 0 Å². The van der Waals surface area contributed by atoms with Crippen molar-refractivity contribution in [3.63, 3.8) is 0 Å². The van der Waals surface area contributed by atoms with Gasteiger partial charge in [-0.2, -0.15) is 13.2 Å². The molecule has 3 aromatic rings. The molecule has 0 saturated carbocycles. The summed E-state index contributed by atoms with van der Waals surface area (Å²) in [6.45, 7) is -0.279. The molecule has 0 spiro atoms. The molecule has 5 nitrogen and oxygen atoms in total. The van der Waals surface area contributed by atoms with E-state index in [9.17, 15) is 18.3 Å². The highest BCUT2D eigenvalue weighted by Gasteiger charge is 2.35. The van der Waals surface area contributed by atoms with E-state index in [2.05, 4.69) is 15.2 Å². The van der Waals surface area contributed by atoms with Crippen molar-refractivity contribution < 1.29 is 18.3 Å². The Morgan fingerprint density at radius 3 is 2.38 bits per heavy atom. The van der Waals surface area contributed by atoms with E-state index in [1.165, 1.54) is 12.1 Å². The van der Waals surface area contributed by atoms with Crippen molar-refractivity contribution in [2.24, 2.45) is 4.99 Å². The van der Waals surface area contributed by atoms with Gasteiger partial charge in [-0.25, -0.2) is 0 Å². The van der Waals surface area contributed by atoms with E-state index in [1.54, 1.807) is 34.9 Å². The van der Waals surface area contributed by atoms with E-state index in [0.717, 1.165) is 6.07 Å². The van der Waals surface area contributed by atoms with Crippen LogP contribution in [0.4, 0.5) is 13.2 Å². The lowest BCUT2D eigenvalue weighted by Gasteiger charge is -2.16. The standard InChI is InChI=1S/C18H13F3N4O/c19-18(20,21)13-7-3-1-5-11(13)17-12-6-2-4-8-14(12)25-15(9-22-17)23-24-16(25)10-26/h1-8,26H,9-10H2. The minimum Gasteiger partial charge on any atom is -0.388 e. The van der Waals surface area contributed by atoms with E-state index in [0.29, 0.717) is 22.9 Å². The molecule has 4 rings (SSSR count). The Balaban J connectivity index is 1.98. The van der Waals surface area contributed by atoms with Crippen molar-refractivity contribution in [1.82, 2.24) is 14.8 Å². The first-order valence-corrected chi connectivity index (χ1v) is 7.85. The van der Waals surface area contributed by atoms with Crippen LogP contribution in [0.1, 0.15) is 28.3 Å². The van der Waals surface area contributed by atoms with Gasteiger partial charge in [-0.3, -0.25) is 9.56 Å². The fourth-order valence-corrected chi connectivity index (χ4v) is 3.11. The lowest BCUT2D eigenvalue weighted by molar-refractivity contribution is -0.137. The maximum absolute atomic E-state index is 13.5. The molecule has 8 heteroatoms. The van der Waals surface area contributed by atoms with Gasteiger partial charge in [0, 0.05) is 11.1 Å². The van der Waals surface area contributed by atoms with Crippen molar-refractivity contribution in [1.29, 1.82) is 0 Å². The number of aromatic nitrogens is 3. The highest BCUT2D eigenvalue weighted by Crippen LogP contribution is 2.35. The molecule has 26 heavy (non-hydrogen) atoms. The van der Waals surface area contributed by atoms with Gasteiger partial charge in [0.05, 0.1) is 17.0 Å². The summed E-state index contributed by atoms with van der Waals surface area (Å²) in [5.41, 5.74) is 0.621. The van der Waals surface area contributed by atoms with E-state index < -0.39 is 11.7 Å². The van der Waals surface area contributed by atoms with Crippen molar-refractivity contribution in [3.05, 3.63) is 76.9 Å². The molecule has 0 unspecified atom stereocenters. The van der Waals surface area contributed by atoms with Crippen LogP contribution in [0.3, 0.4) is 0 Å². The van der Waals surface area contributed by atoms with Crippen molar-refractivity contribution in [2.45, 2.75) is 19.3 Å². The smallest absolute Gasteiger partial charge is 0.388 e. The maximum atomic E-state index is 13.5. The normalized spacial score (nSPS) is 13.6. The molecule has 2 heterocycles. The third-order valence-corrected chi connectivity index (χ3v) is 4.20. The highest BCUT2D eigenvalue weighted by atomic mass is 19.4. The molecule has 0 aliphatic carbocycles. The molecular formula is C18H13F3N4O. The third kappa shape index (κ3) is 2.59. The van der Waals surface area contributed by atoms with Gasteiger partial charge in [0.25, 0.3) is 0 Å². The lowest BCUT2D eigenvalue weighted by Crippen LogP contribution is -2.15. The number of para-hydroxylation sites is 1. The van der Waals surface area contributed by atoms with Crippen LogP contribution in [0, 0.1) is 0 Å². The maximum Gasteiger partial charge on any atom is 0.417 e. The molecule has 1 N–H and O–H groups in total. The summed E-state index contributed by atoms with van der Waals surface area (Å²) in [6.07, 6.45) is -4.49. The average molecular weight is 358 g/mol. The molecule has 1 aromatic heterocycles. The largest absolute Gasteiger partial charge is 0.417 e. The first-order chi connectivity index (χ1) is 12.5. The summed E-state index contributed by atoms with van der Waals surface area (Å²) in [6, 6.07) is 12.3. The quantitative estimate of drug-likeness (QED) is 0.766. The van der Waals surface area contributed by atoms with Gasteiger partial charge in [-0.05, 0) is 12.1 Å². The van der Waals surface area contributed by atoms with Gasteiger partial charge in [0.1, 0.15) is 13.2 Å². The van der Waals surface area contributed by atoms with Crippen LogP contribution < -0.4 is 0 Å². The average Bonchev–Trinajstić information content (AvgIpc) is 2.97. The Labute approximate surface area is 146 Å². The van der Waals surface area contributed by atoms with Crippen LogP contribution in [-0.4, -0.2) is 25.6 Å². The minimum absolute atomic E-state index is 0.0108.